The predicted molar refractivity (Wildman–Crippen MR) is 94.4 cm³/mol. The number of ether oxygens (including phenoxy) is 1. The van der Waals surface area contributed by atoms with Crippen LogP contribution in [0.25, 0.3) is 0 Å². The first kappa shape index (κ1) is 19.3. The Morgan fingerprint density at radius 1 is 1.23 bits per heavy atom. The van der Waals surface area contributed by atoms with Crippen molar-refractivity contribution >= 4 is 15.9 Å². The van der Waals surface area contributed by atoms with E-state index in [4.69, 9.17) is 4.74 Å². The molecule has 1 amide bonds. The first-order valence-electron chi connectivity index (χ1n) is 8.89. The summed E-state index contributed by atoms with van der Waals surface area (Å²) in [6.07, 6.45) is 0.871. The van der Waals surface area contributed by atoms with Gasteiger partial charge in [-0.3, -0.25) is 4.79 Å². The Kier molecular flexibility index (Phi) is 5.11. The molecular weight excluding hydrogens is 359 g/mol. The minimum atomic E-state index is -3.80. The fourth-order valence-corrected chi connectivity index (χ4v) is 5.48. The number of halogens is 1. The number of aryl methyl sites for hydroxylation is 1. The van der Waals surface area contributed by atoms with Gasteiger partial charge in [-0.25, -0.2) is 12.8 Å². The van der Waals surface area contributed by atoms with Crippen LogP contribution in [0.4, 0.5) is 4.39 Å². The number of benzene rings is 1. The molecule has 6 nitrogen and oxygen atoms in total. The minimum Gasteiger partial charge on any atom is -0.358 e. The number of nitrogens with zero attached hydrogens (tertiary/aromatic N) is 2. The van der Waals surface area contributed by atoms with Gasteiger partial charge in [-0.05, 0) is 30.7 Å². The smallest absolute Gasteiger partial charge is 0.245 e. The lowest BCUT2D eigenvalue weighted by Crippen LogP contribution is -2.56. The number of carbonyl (C=O) groups is 1. The number of hydrogen-bond donors (Lipinski definition) is 0. The molecule has 26 heavy (non-hydrogen) atoms. The van der Waals surface area contributed by atoms with Crippen LogP contribution in [0.2, 0.25) is 0 Å². The third kappa shape index (κ3) is 3.25. The van der Waals surface area contributed by atoms with Crippen molar-refractivity contribution in [2.75, 3.05) is 26.2 Å². The molecule has 2 heterocycles. The van der Waals surface area contributed by atoms with Gasteiger partial charge in [0, 0.05) is 38.4 Å². The summed E-state index contributed by atoms with van der Waals surface area (Å²) in [7, 11) is -3.80. The maximum absolute atomic E-state index is 13.5. The van der Waals surface area contributed by atoms with Crippen molar-refractivity contribution in [2.24, 2.45) is 5.92 Å². The van der Waals surface area contributed by atoms with Crippen LogP contribution in [0, 0.1) is 18.7 Å². The van der Waals surface area contributed by atoms with Crippen LogP contribution in [-0.4, -0.2) is 55.5 Å². The zero-order valence-corrected chi connectivity index (χ0v) is 16.2. The van der Waals surface area contributed by atoms with E-state index in [2.05, 4.69) is 0 Å². The highest BCUT2D eigenvalue weighted by Gasteiger charge is 2.51. The number of carbonyl (C=O) groups excluding carboxylic acids is 1. The molecule has 1 aromatic rings. The molecule has 1 spiro atoms. The number of likely N-dealkylation sites (tertiary alicyclic amines) is 1. The van der Waals surface area contributed by atoms with E-state index in [-0.39, 0.29) is 28.8 Å². The van der Waals surface area contributed by atoms with E-state index in [0.717, 1.165) is 0 Å². The van der Waals surface area contributed by atoms with Crippen LogP contribution >= 0.6 is 0 Å². The summed E-state index contributed by atoms with van der Waals surface area (Å²) in [6.45, 7) is 6.75. The number of piperidine rings is 1. The van der Waals surface area contributed by atoms with Crippen LogP contribution in [0.15, 0.2) is 23.1 Å². The van der Waals surface area contributed by atoms with Gasteiger partial charge in [0.25, 0.3) is 0 Å². The SMILES string of the molecule is Cc1cc(S(=O)(=O)N2CCOC23CCN(C(=O)C(C)C)CC3)ccc1F. The van der Waals surface area contributed by atoms with E-state index < -0.39 is 21.6 Å². The molecule has 8 heteroatoms. The molecule has 3 rings (SSSR count). The van der Waals surface area contributed by atoms with Crippen molar-refractivity contribution in [1.82, 2.24) is 9.21 Å². The van der Waals surface area contributed by atoms with Gasteiger partial charge in [-0.2, -0.15) is 4.31 Å². The topological polar surface area (TPSA) is 66.9 Å². The van der Waals surface area contributed by atoms with Crippen molar-refractivity contribution in [2.45, 2.75) is 44.2 Å². The first-order valence-corrected chi connectivity index (χ1v) is 10.3. The van der Waals surface area contributed by atoms with Gasteiger partial charge in [0.15, 0.2) is 0 Å². The molecule has 0 saturated carbocycles. The molecule has 0 aromatic heterocycles. The highest BCUT2D eigenvalue weighted by atomic mass is 32.2. The second kappa shape index (κ2) is 6.90. The summed E-state index contributed by atoms with van der Waals surface area (Å²) in [5.41, 5.74) is -0.632. The molecular formula is C18H25FN2O4S. The van der Waals surface area contributed by atoms with Crippen LogP contribution in [0.3, 0.4) is 0 Å². The number of rotatable bonds is 3. The fourth-order valence-electron chi connectivity index (χ4n) is 3.67. The zero-order valence-electron chi connectivity index (χ0n) is 15.4. The minimum absolute atomic E-state index is 0.0708. The molecule has 2 aliphatic heterocycles. The lowest BCUT2D eigenvalue weighted by molar-refractivity contribution is -0.143. The Morgan fingerprint density at radius 3 is 2.46 bits per heavy atom. The van der Waals surface area contributed by atoms with Crippen LogP contribution < -0.4 is 0 Å². The second-order valence-corrected chi connectivity index (χ2v) is 9.13. The van der Waals surface area contributed by atoms with Gasteiger partial charge in [-0.15, -0.1) is 0 Å². The number of hydrogen-bond acceptors (Lipinski definition) is 4. The Morgan fingerprint density at radius 2 is 1.88 bits per heavy atom. The molecule has 2 fully saturated rings. The first-order chi connectivity index (χ1) is 12.2. The average Bonchev–Trinajstić information content (AvgIpc) is 3.01. The Hall–Kier alpha value is -1.51. The normalized spacial score (nSPS) is 20.9. The van der Waals surface area contributed by atoms with E-state index in [1.807, 2.05) is 13.8 Å². The van der Waals surface area contributed by atoms with Gasteiger partial charge in [0.2, 0.25) is 15.9 Å². The van der Waals surface area contributed by atoms with E-state index in [9.17, 15) is 17.6 Å². The summed E-state index contributed by atoms with van der Waals surface area (Å²) in [4.78, 5) is 14.0. The molecule has 2 saturated heterocycles. The second-order valence-electron chi connectivity index (χ2n) is 7.26. The van der Waals surface area contributed by atoms with Gasteiger partial charge < -0.3 is 9.64 Å². The summed E-state index contributed by atoms with van der Waals surface area (Å²) >= 11 is 0. The Bertz CT molecular complexity index is 801. The lowest BCUT2D eigenvalue weighted by atomic mass is 9.99. The Balaban J connectivity index is 1.84. The molecule has 0 unspecified atom stereocenters. The molecule has 0 atom stereocenters. The van der Waals surface area contributed by atoms with Crippen molar-refractivity contribution < 1.29 is 22.3 Å². The summed E-state index contributed by atoms with van der Waals surface area (Å²) in [6, 6.07) is 3.82. The summed E-state index contributed by atoms with van der Waals surface area (Å²) in [5, 5.41) is 0. The monoisotopic (exact) mass is 384 g/mol. The largest absolute Gasteiger partial charge is 0.358 e. The summed E-state index contributed by atoms with van der Waals surface area (Å²) < 4.78 is 47.1. The standard InChI is InChI=1S/C18H25FN2O4S/c1-13(2)17(22)20-8-6-18(7-9-20)21(10-11-25-18)26(23,24)15-4-5-16(19)14(3)12-15/h4-5,12-13H,6-11H2,1-3H3. The third-order valence-corrected chi connectivity index (χ3v) is 7.13. The highest BCUT2D eigenvalue weighted by molar-refractivity contribution is 7.89. The van der Waals surface area contributed by atoms with Crippen molar-refractivity contribution in [3.63, 3.8) is 0 Å². The third-order valence-electron chi connectivity index (χ3n) is 5.19. The maximum atomic E-state index is 13.5. The number of sulfonamides is 1. The average molecular weight is 384 g/mol. The molecule has 2 aliphatic rings. The predicted octanol–water partition coefficient (Wildman–Crippen LogP) is 2.13. The van der Waals surface area contributed by atoms with Crippen molar-refractivity contribution in [3.05, 3.63) is 29.6 Å². The van der Waals surface area contributed by atoms with Crippen LogP contribution in [0.5, 0.6) is 0 Å². The van der Waals surface area contributed by atoms with Crippen LogP contribution in [0.1, 0.15) is 32.3 Å². The maximum Gasteiger partial charge on any atom is 0.245 e. The zero-order chi connectivity index (χ0) is 19.1. The Labute approximate surface area is 154 Å². The quantitative estimate of drug-likeness (QED) is 0.801. The van der Waals surface area contributed by atoms with E-state index in [1.165, 1.54) is 22.5 Å². The molecule has 0 N–H and O–H groups in total. The van der Waals surface area contributed by atoms with Crippen LogP contribution in [-0.2, 0) is 19.6 Å². The van der Waals surface area contributed by atoms with Gasteiger partial charge in [0.05, 0.1) is 11.5 Å². The van der Waals surface area contributed by atoms with E-state index in [0.29, 0.717) is 32.5 Å². The molecule has 1 aromatic carbocycles. The highest BCUT2D eigenvalue weighted by Crippen LogP contribution is 2.38. The molecule has 0 radical (unpaired) electrons. The van der Waals surface area contributed by atoms with Crippen molar-refractivity contribution in [1.29, 1.82) is 0 Å². The van der Waals surface area contributed by atoms with Gasteiger partial charge in [0.1, 0.15) is 11.5 Å². The molecule has 144 valence electrons. The van der Waals surface area contributed by atoms with E-state index >= 15 is 0 Å². The fraction of sp³-hybridized carbons (Fsp3) is 0.611. The molecule has 0 bridgehead atoms. The summed E-state index contributed by atoms with van der Waals surface area (Å²) in [5.74, 6) is -0.450. The van der Waals surface area contributed by atoms with E-state index in [1.54, 1.807) is 11.8 Å². The van der Waals surface area contributed by atoms with Gasteiger partial charge >= 0.3 is 0 Å². The molecule has 0 aliphatic carbocycles. The van der Waals surface area contributed by atoms with Crippen molar-refractivity contribution in [3.8, 4) is 0 Å². The number of amides is 1. The lowest BCUT2D eigenvalue weighted by Gasteiger charge is -2.43. The van der Waals surface area contributed by atoms with Gasteiger partial charge in [-0.1, -0.05) is 13.8 Å².